The zero-order valence-electron chi connectivity index (χ0n) is 9.30. The topological polar surface area (TPSA) is 0 Å². The SMILES string of the molecule is CC(C)CC(CBr)(CBr)Cc1cccs1. The summed E-state index contributed by atoms with van der Waals surface area (Å²) in [6, 6.07) is 4.38. The Kier molecular flexibility index (Phi) is 5.86. The molecule has 0 fully saturated rings. The molecule has 0 bridgehead atoms. The van der Waals surface area contributed by atoms with E-state index in [2.05, 4.69) is 63.2 Å². The molecule has 0 aliphatic heterocycles. The average molecular weight is 354 g/mol. The van der Waals surface area contributed by atoms with Gasteiger partial charge in [0.1, 0.15) is 0 Å². The van der Waals surface area contributed by atoms with Crippen LogP contribution in [0.25, 0.3) is 0 Å². The Balaban J connectivity index is 2.71. The van der Waals surface area contributed by atoms with Crippen LogP contribution in [0.3, 0.4) is 0 Å². The lowest BCUT2D eigenvalue weighted by atomic mass is 9.80. The van der Waals surface area contributed by atoms with Crippen molar-refractivity contribution in [3.05, 3.63) is 22.4 Å². The molecule has 15 heavy (non-hydrogen) atoms. The molecule has 0 aliphatic carbocycles. The third kappa shape index (κ3) is 4.20. The molecule has 0 saturated carbocycles. The lowest BCUT2D eigenvalue weighted by Crippen LogP contribution is -2.29. The van der Waals surface area contributed by atoms with Crippen LogP contribution in [0.2, 0.25) is 0 Å². The first-order valence-electron chi connectivity index (χ1n) is 5.26. The molecule has 0 atom stereocenters. The Labute approximate surface area is 114 Å². The average Bonchev–Trinajstić information content (AvgIpc) is 2.68. The summed E-state index contributed by atoms with van der Waals surface area (Å²) >= 11 is 9.23. The fourth-order valence-corrected chi connectivity index (χ4v) is 4.62. The van der Waals surface area contributed by atoms with Gasteiger partial charge in [-0.1, -0.05) is 51.8 Å². The van der Waals surface area contributed by atoms with E-state index in [4.69, 9.17) is 0 Å². The van der Waals surface area contributed by atoms with Crippen molar-refractivity contribution in [2.75, 3.05) is 10.7 Å². The van der Waals surface area contributed by atoms with Gasteiger partial charge in [-0.25, -0.2) is 0 Å². The van der Waals surface area contributed by atoms with Crippen LogP contribution in [0.4, 0.5) is 0 Å². The highest BCUT2D eigenvalue weighted by Gasteiger charge is 2.29. The smallest absolute Gasteiger partial charge is 0.00995 e. The summed E-state index contributed by atoms with van der Waals surface area (Å²) in [5.74, 6) is 0.750. The molecule has 0 spiro atoms. The summed E-state index contributed by atoms with van der Waals surface area (Å²) < 4.78 is 0. The molecule has 0 saturated heterocycles. The van der Waals surface area contributed by atoms with Crippen molar-refractivity contribution in [3.8, 4) is 0 Å². The van der Waals surface area contributed by atoms with Crippen molar-refractivity contribution in [1.29, 1.82) is 0 Å². The Morgan fingerprint density at radius 3 is 2.40 bits per heavy atom. The van der Waals surface area contributed by atoms with Crippen molar-refractivity contribution >= 4 is 43.2 Å². The van der Waals surface area contributed by atoms with E-state index in [-0.39, 0.29) is 0 Å². The summed E-state index contributed by atoms with van der Waals surface area (Å²) in [7, 11) is 0. The van der Waals surface area contributed by atoms with E-state index in [0.717, 1.165) is 16.6 Å². The van der Waals surface area contributed by atoms with E-state index in [0.29, 0.717) is 5.41 Å². The van der Waals surface area contributed by atoms with Gasteiger partial charge in [0.05, 0.1) is 0 Å². The van der Waals surface area contributed by atoms with Crippen LogP contribution in [-0.2, 0) is 6.42 Å². The Hall–Kier alpha value is 0.660. The van der Waals surface area contributed by atoms with Gasteiger partial charge in [0, 0.05) is 15.5 Å². The Bertz CT molecular complexity index is 263. The molecular formula is C12H18Br2S. The number of rotatable bonds is 6. The van der Waals surface area contributed by atoms with Crippen molar-refractivity contribution in [2.24, 2.45) is 11.3 Å². The number of hydrogen-bond donors (Lipinski definition) is 0. The highest BCUT2D eigenvalue weighted by atomic mass is 79.9. The monoisotopic (exact) mass is 352 g/mol. The highest BCUT2D eigenvalue weighted by molar-refractivity contribution is 9.09. The zero-order valence-corrected chi connectivity index (χ0v) is 13.3. The van der Waals surface area contributed by atoms with Crippen molar-refractivity contribution in [1.82, 2.24) is 0 Å². The highest BCUT2D eigenvalue weighted by Crippen LogP contribution is 2.35. The molecule has 1 aromatic heterocycles. The van der Waals surface area contributed by atoms with Crippen LogP contribution in [0.15, 0.2) is 17.5 Å². The van der Waals surface area contributed by atoms with E-state index in [1.165, 1.54) is 17.7 Å². The maximum Gasteiger partial charge on any atom is 0.00995 e. The van der Waals surface area contributed by atoms with Crippen LogP contribution in [0, 0.1) is 11.3 Å². The first-order chi connectivity index (χ1) is 7.12. The molecule has 3 heteroatoms. The predicted octanol–water partition coefficient (Wildman–Crippen LogP) is 5.11. The van der Waals surface area contributed by atoms with Gasteiger partial charge in [0.15, 0.2) is 0 Å². The van der Waals surface area contributed by atoms with Gasteiger partial charge in [-0.3, -0.25) is 0 Å². The third-order valence-electron chi connectivity index (χ3n) is 2.54. The van der Waals surface area contributed by atoms with Crippen LogP contribution in [0.5, 0.6) is 0 Å². The molecule has 0 nitrogen and oxygen atoms in total. The second-order valence-corrected chi connectivity index (χ2v) is 6.78. The predicted molar refractivity (Wildman–Crippen MR) is 77.5 cm³/mol. The molecule has 86 valence electrons. The van der Waals surface area contributed by atoms with Gasteiger partial charge in [0.2, 0.25) is 0 Å². The van der Waals surface area contributed by atoms with Gasteiger partial charge in [-0.15, -0.1) is 11.3 Å². The van der Waals surface area contributed by atoms with Gasteiger partial charge in [-0.05, 0) is 35.6 Å². The molecule has 0 amide bonds. The largest absolute Gasteiger partial charge is 0.149 e. The molecule has 0 N–H and O–H groups in total. The first-order valence-corrected chi connectivity index (χ1v) is 8.38. The van der Waals surface area contributed by atoms with Crippen LogP contribution in [-0.4, -0.2) is 10.7 Å². The normalized spacial score (nSPS) is 12.3. The van der Waals surface area contributed by atoms with Gasteiger partial charge in [0.25, 0.3) is 0 Å². The molecule has 1 rings (SSSR count). The minimum Gasteiger partial charge on any atom is -0.149 e. The Morgan fingerprint density at radius 1 is 1.33 bits per heavy atom. The quantitative estimate of drug-likeness (QED) is 0.623. The number of alkyl halides is 2. The third-order valence-corrected chi connectivity index (χ3v) is 5.79. The summed E-state index contributed by atoms with van der Waals surface area (Å²) in [4.78, 5) is 1.49. The zero-order chi connectivity index (χ0) is 11.3. The molecule has 0 aliphatic rings. The summed E-state index contributed by atoms with van der Waals surface area (Å²) in [6.45, 7) is 4.60. The molecule has 1 heterocycles. The fraction of sp³-hybridized carbons (Fsp3) is 0.667. The van der Waals surface area contributed by atoms with E-state index in [1.807, 2.05) is 11.3 Å². The maximum absolute atomic E-state index is 3.68. The van der Waals surface area contributed by atoms with Crippen molar-refractivity contribution in [3.63, 3.8) is 0 Å². The summed E-state index contributed by atoms with van der Waals surface area (Å²) in [5.41, 5.74) is 0.374. The van der Waals surface area contributed by atoms with E-state index in [9.17, 15) is 0 Å². The second kappa shape index (κ2) is 6.41. The van der Waals surface area contributed by atoms with Gasteiger partial charge >= 0.3 is 0 Å². The fourth-order valence-electron chi connectivity index (χ4n) is 1.96. The molecule has 1 aromatic rings. The van der Waals surface area contributed by atoms with Gasteiger partial charge in [-0.2, -0.15) is 0 Å². The van der Waals surface area contributed by atoms with E-state index < -0.39 is 0 Å². The van der Waals surface area contributed by atoms with Crippen LogP contribution < -0.4 is 0 Å². The van der Waals surface area contributed by atoms with Crippen molar-refractivity contribution in [2.45, 2.75) is 26.7 Å². The second-order valence-electron chi connectivity index (χ2n) is 4.62. The number of halogens is 2. The first kappa shape index (κ1) is 13.7. The molecule has 0 aromatic carbocycles. The number of hydrogen-bond acceptors (Lipinski definition) is 1. The minimum absolute atomic E-state index is 0.374. The molecule has 0 unspecified atom stereocenters. The maximum atomic E-state index is 3.68. The van der Waals surface area contributed by atoms with Gasteiger partial charge < -0.3 is 0 Å². The van der Waals surface area contributed by atoms with Crippen LogP contribution in [0.1, 0.15) is 25.1 Å². The van der Waals surface area contributed by atoms with Crippen molar-refractivity contribution < 1.29 is 0 Å². The number of thiophene rings is 1. The summed E-state index contributed by atoms with van der Waals surface area (Å²) in [6.07, 6.45) is 2.45. The minimum atomic E-state index is 0.374. The lowest BCUT2D eigenvalue weighted by Gasteiger charge is -2.31. The standard InChI is InChI=1S/C12H18Br2S/c1-10(2)6-12(8-13,9-14)7-11-4-3-5-15-11/h3-5,10H,6-9H2,1-2H3. The molecular weight excluding hydrogens is 336 g/mol. The Morgan fingerprint density at radius 2 is 2.00 bits per heavy atom. The van der Waals surface area contributed by atoms with E-state index in [1.54, 1.807) is 0 Å². The van der Waals surface area contributed by atoms with E-state index >= 15 is 0 Å². The molecule has 0 radical (unpaired) electrons. The summed E-state index contributed by atoms with van der Waals surface area (Å²) in [5, 5.41) is 4.31. The lowest BCUT2D eigenvalue weighted by molar-refractivity contribution is 0.306. The van der Waals surface area contributed by atoms with Crippen LogP contribution >= 0.6 is 43.2 Å².